The van der Waals surface area contributed by atoms with E-state index in [-0.39, 0.29) is 24.6 Å². The maximum Gasteiger partial charge on any atom is 0.332 e. The quantitative estimate of drug-likeness (QED) is 0.509. The fourth-order valence-corrected chi connectivity index (χ4v) is 5.56. The van der Waals surface area contributed by atoms with Gasteiger partial charge in [0.1, 0.15) is 11.4 Å². The van der Waals surface area contributed by atoms with Crippen molar-refractivity contribution in [3.05, 3.63) is 78.8 Å². The van der Waals surface area contributed by atoms with Crippen molar-refractivity contribution in [3.8, 4) is 0 Å². The first-order chi connectivity index (χ1) is 16.0. The topological polar surface area (TPSA) is 73.1 Å². The van der Waals surface area contributed by atoms with E-state index in [2.05, 4.69) is 11.4 Å². The highest BCUT2D eigenvalue weighted by molar-refractivity contribution is 7.18. The van der Waals surface area contributed by atoms with Gasteiger partial charge >= 0.3 is 5.69 Å². The van der Waals surface area contributed by atoms with E-state index in [1.165, 1.54) is 38.9 Å². The van der Waals surface area contributed by atoms with Crippen LogP contribution in [0.15, 0.2) is 51.6 Å². The van der Waals surface area contributed by atoms with Gasteiger partial charge in [0.05, 0.1) is 5.39 Å². The number of nitrogens with one attached hydrogen (secondary N) is 1. The highest BCUT2D eigenvalue weighted by atomic mass is 32.1. The third kappa shape index (κ3) is 5.19. The lowest BCUT2D eigenvalue weighted by Gasteiger charge is -2.14. The highest BCUT2D eigenvalue weighted by Crippen LogP contribution is 2.26. The number of amides is 1. The molecule has 33 heavy (non-hydrogen) atoms. The Morgan fingerprint density at radius 3 is 2.58 bits per heavy atom. The van der Waals surface area contributed by atoms with Crippen molar-refractivity contribution in [3.63, 3.8) is 0 Å². The third-order valence-electron chi connectivity index (χ3n) is 6.45. The summed E-state index contributed by atoms with van der Waals surface area (Å²) in [6.07, 6.45) is 8.40. The van der Waals surface area contributed by atoms with Gasteiger partial charge < -0.3 is 5.32 Å². The molecule has 0 atom stereocenters. The molecule has 1 aliphatic rings. The van der Waals surface area contributed by atoms with E-state index in [1.807, 2.05) is 44.2 Å². The van der Waals surface area contributed by atoms with Gasteiger partial charge in [-0.05, 0) is 63.5 Å². The molecule has 0 radical (unpaired) electrons. The first-order valence-electron chi connectivity index (χ1n) is 11.7. The molecule has 6 nitrogen and oxygen atoms in total. The smallest absolute Gasteiger partial charge is 0.332 e. The number of fused-ring (bicyclic) bond motifs is 1. The molecule has 0 unspecified atom stereocenters. The fourth-order valence-electron chi connectivity index (χ4n) is 4.42. The summed E-state index contributed by atoms with van der Waals surface area (Å²) >= 11 is 1.41. The molecule has 3 aromatic rings. The molecule has 1 aliphatic carbocycles. The zero-order valence-electron chi connectivity index (χ0n) is 19.4. The van der Waals surface area contributed by atoms with Gasteiger partial charge in [0.25, 0.3) is 5.56 Å². The summed E-state index contributed by atoms with van der Waals surface area (Å²) in [5.74, 6) is -0.202. The van der Waals surface area contributed by atoms with Crippen molar-refractivity contribution < 1.29 is 4.79 Å². The Labute approximate surface area is 197 Å². The average molecular weight is 466 g/mol. The maximum atomic E-state index is 13.3. The van der Waals surface area contributed by atoms with Gasteiger partial charge in [-0.1, -0.05) is 42.0 Å². The van der Waals surface area contributed by atoms with E-state index >= 15 is 0 Å². The number of hydrogen-bond acceptors (Lipinski definition) is 4. The molecule has 0 fully saturated rings. The molecule has 0 saturated carbocycles. The second-order valence-corrected chi connectivity index (χ2v) is 9.94. The molecule has 4 rings (SSSR count). The molecule has 0 saturated heterocycles. The number of allylic oxidation sites excluding steroid dienone is 1. The Bertz CT molecular complexity index is 1300. The van der Waals surface area contributed by atoms with Crippen molar-refractivity contribution in [2.24, 2.45) is 0 Å². The molecule has 2 aromatic heterocycles. The fraction of sp³-hybridized carbons (Fsp3) is 0.423. The molecule has 0 spiro atoms. The van der Waals surface area contributed by atoms with Crippen molar-refractivity contribution in [1.29, 1.82) is 0 Å². The first kappa shape index (κ1) is 23.2. The van der Waals surface area contributed by atoms with Crippen molar-refractivity contribution in [2.75, 3.05) is 6.54 Å². The summed E-state index contributed by atoms with van der Waals surface area (Å²) in [7, 11) is 0. The highest BCUT2D eigenvalue weighted by Gasteiger charge is 2.20. The number of carbonyl (C=O) groups excluding carboxylic acids is 1. The van der Waals surface area contributed by atoms with Gasteiger partial charge in [-0.15, -0.1) is 11.3 Å². The molecule has 174 valence electrons. The van der Waals surface area contributed by atoms with Gasteiger partial charge in [-0.3, -0.25) is 18.7 Å². The number of benzene rings is 1. The number of hydrogen-bond donors (Lipinski definition) is 1. The number of thiophene rings is 1. The third-order valence-corrected chi connectivity index (χ3v) is 7.68. The van der Waals surface area contributed by atoms with Crippen LogP contribution in [0.1, 0.15) is 48.1 Å². The Hall–Kier alpha value is -2.93. The normalized spacial score (nSPS) is 13.8. The summed E-state index contributed by atoms with van der Waals surface area (Å²) in [5, 5.41) is 3.51. The van der Waals surface area contributed by atoms with Crippen LogP contribution in [0.25, 0.3) is 10.2 Å². The number of aryl methyl sites for hydroxylation is 3. The van der Waals surface area contributed by atoms with Crippen LogP contribution >= 0.6 is 11.3 Å². The number of carbonyl (C=O) groups is 1. The summed E-state index contributed by atoms with van der Waals surface area (Å²) in [6, 6.07) is 9.80. The first-order valence-corrected chi connectivity index (χ1v) is 12.5. The Kier molecular flexibility index (Phi) is 7.28. The minimum atomic E-state index is -0.421. The summed E-state index contributed by atoms with van der Waals surface area (Å²) < 4.78 is 2.76. The minimum Gasteiger partial charge on any atom is -0.354 e. The zero-order chi connectivity index (χ0) is 23.4. The van der Waals surface area contributed by atoms with Crippen LogP contribution in [0.3, 0.4) is 0 Å². The lowest BCUT2D eigenvalue weighted by atomic mass is 9.97. The van der Waals surface area contributed by atoms with Gasteiger partial charge in [0.2, 0.25) is 5.91 Å². The van der Waals surface area contributed by atoms with E-state index in [9.17, 15) is 14.4 Å². The summed E-state index contributed by atoms with van der Waals surface area (Å²) in [4.78, 5) is 40.9. The zero-order valence-corrected chi connectivity index (χ0v) is 20.2. The second-order valence-electron chi connectivity index (χ2n) is 8.73. The van der Waals surface area contributed by atoms with Crippen LogP contribution in [-0.2, 0) is 24.3 Å². The summed E-state index contributed by atoms with van der Waals surface area (Å²) in [5.41, 5.74) is 2.65. The van der Waals surface area contributed by atoms with Crippen molar-refractivity contribution in [1.82, 2.24) is 14.5 Å². The molecule has 0 bridgehead atoms. The van der Waals surface area contributed by atoms with Crippen molar-refractivity contribution in [2.45, 2.75) is 65.5 Å². The summed E-state index contributed by atoms with van der Waals surface area (Å²) in [6.45, 7) is 4.62. The van der Waals surface area contributed by atoms with Crippen LogP contribution in [0.4, 0.5) is 0 Å². The van der Waals surface area contributed by atoms with E-state index in [4.69, 9.17) is 0 Å². The van der Waals surface area contributed by atoms with Crippen LogP contribution in [0, 0.1) is 13.8 Å². The predicted octanol–water partition coefficient (Wildman–Crippen LogP) is 4.09. The standard InChI is InChI=1S/C26H31N3O3S/c1-18-19(2)33-25-23(18)24(31)28(16-14-21-11-7-4-8-12-21)26(32)29(25)17-22(30)27-15-13-20-9-5-3-6-10-20/h4,7-9,11-12H,3,5-6,10,13-17H2,1-2H3,(H,27,30). The number of rotatable bonds is 8. The van der Waals surface area contributed by atoms with Gasteiger partial charge in [0.15, 0.2) is 0 Å². The molecule has 2 heterocycles. The SMILES string of the molecule is Cc1sc2c(c1C)c(=O)n(CCc1ccccc1)c(=O)n2CC(=O)NCCC1=CCCCC1. The van der Waals surface area contributed by atoms with Crippen LogP contribution in [0.2, 0.25) is 0 Å². The predicted molar refractivity (Wildman–Crippen MR) is 134 cm³/mol. The van der Waals surface area contributed by atoms with E-state index in [0.717, 1.165) is 35.3 Å². The molecule has 0 aliphatic heterocycles. The lowest BCUT2D eigenvalue weighted by molar-refractivity contribution is -0.121. The van der Waals surface area contributed by atoms with Gasteiger partial charge in [-0.25, -0.2) is 4.79 Å². The monoisotopic (exact) mass is 465 g/mol. The molecule has 1 N–H and O–H groups in total. The Morgan fingerprint density at radius 2 is 1.85 bits per heavy atom. The van der Waals surface area contributed by atoms with Crippen LogP contribution < -0.4 is 16.6 Å². The Balaban J connectivity index is 1.58. The molecule has 1 amide bonds. The second kappa shape index (κ2) is 10.3. The number of aromatic nitrogens is 2. The number of nitrogens with zero attached hydrogens (tertiary/aromatic N) is 2. The Morgan fingerprint density at radius 1 is 1.06 bits per heavy atom. The van der Waals surface area contributed by atoms with Gasteiger partial charge in [-0.2, -0.15) is 0 Å². The lowest BCUT2D eigenvalue weighted by Crippen LogP contribution is -2.42. The molecule has 7 heteroatoms. The van der Waals surface area contributed by atoms with E-state index < -0.39 is 5.69 Å². The maximum absolute atomic E-state index is 13.3. The molecule has 1 aromatic carbocycles. The molecular formula is C26H31N3O3S. The van der Waals surface area contributed by atoms with E-state index in [1.54, 1.807) is 0 Å². The van der Waals surface area contributed by atoms with Crippen LogP contribution in [0.5, 0.6) is 0 Å². The molecular weight excluding hydrogens is 434 g/mol. The van der Waals surface area contributed by atoms with Gasteiger partial charge in [0, 0.05) is 18.0 Å². The van der Waals surface area contributed by atoms with E-state index in [0.29, 0.717) is 23.2 Å². The average Bonchev–Trinajstić information content (AvgIpc) is 3.12. The largest absolute Gasteiger partial charge is 0.354 e. The van der Waals surface area contributed by atoms with Crippen molar-refractivity contribution >= 4 is 27.5 Å². The van der Waals surface area contributed by atoms with Crippen LogP contribution in [-0.4, -0.2) is 21.6 Å². The minimum absolute atomic E-state index is 0.0839.